The average molecular weight is 266 g/mol. The van der Waals surface area contributed by atoms with Gasteiger partial charge in [-0.25, -0.2) is 0 Å². The van der Waals surface area contributed by atoms with Gasteiger partial charge in [0.25, 0.3) is 0 Å². The van der Waals surface area contributed by atoms with Crippen molar-refractivity contribution < 1.29 is 4.79 Å². The zero-order valence-corrected chi connectivity index (χ0v) is 11.6. The van der Waals surface area contributed by atoms with Gasteiger partial charge in [-0.1, -0.05) is 30.3 Å². The van der Waals surface area contributed by atoms with Crippen LogP contribution in [0, 0.1) is 5.92 Å². The molecule has 0 unspecified atom stereocenters. The summed E-state index contributed by atoms with van der Waals surface area (Å²) < 4.78 is 0. The Balaban J connectivity index is 1.82. The molecule has 0 bridgehead atoms. The van der Waals surface area contributed by atoms with Gasteiger partial charge in [0.05, 0.1) is 0 Å². The first-order chi connectivity index (χ1) is 8.66. The van der Waals surface area contributed by atoms with Crippen LogP contribution in [0.2, 0.25) is 0 Å². The Morgan fingerprint density at radius 3 is 2.50 bits per heavy atom. The first-order valence-electron chi connectivity index (χ1n) is 6.63. The van der Waals surface area contributed by atoms with Crippen molar-refractivity contribution in [1.29, 1.82) is 0 Å². The molecular formula is C15H20ClNO. The molecule has 0 N–H and O–H groups in total. The van der Waals surface area contributed by atoms with Gasteiger partial charge in [-0.3, -0.25) is 4.79 Å². The number of piperidine rings is 1. The minimum Gasteiger partial charge on any atom is -0.341 e. The molecule has 1 heterocycles. The molecule has 3 heteroatoms. The summed E-state index contributed by atoms with van der Waals surface area (Å²) in [4.78, 5) is 13.7. The van der Waals surface area contributed by atoms with Crippen molar-refractivity contribution in [3.8, 4) is 0 Å². The zero-order chi connectivity index (χ0) is 13.0. The van der Waals surface area contributed by atoms with E-state index < -0.39 is 5.38 Å². The molecule has 1 aromatic rings. The zero-order valence-electron chi connectivity index (χ0n) is 10.8. The summed E-state index contributed by atoms with van der Waals surface area (Å²) in [5.41, 5.74) is 1.40. The van der Waals surface area contributed by atoms with Gasteiger partial charge in [0.15, 0.2) is 0 Å². The van der Waals surface area contributed by atoms with E-state index in [0.29, 0.717) is 5.92 Å². The molecule has 1 aliphatic rings. The molecule has 1 atom stereocenters. The fourth-order valence-electron chi connectivity index (χ4n) is 2.56. The van der Waals surface area contributed by atoms with Crippen molar-refractivity contribution in [1.82, 2.24) is 4.90 Å². The van der Waals surface area contributed by atoms with E-state index in [1.807, 2.05) is 11.0 Å². The minimum atomic E-state index is -0.393. The number of hydrogen-bond acceptors (Lipinski definition) is 1. The highest BCUT2D eigenvalue weighted by atomic mass is 35.5. The van der Waals surface area contributed by atoms with Crippen molar-refractivity contribution in [2.75, 3.05) is 13.1 Å². The van der Waals surface area contributed by atoms with Crippen LogP contribution in [0.3, 0.4) is 0 Å². The number of carbonyl (C=O) groups is 1. The van der Waals surface area contributed by atoms with Gasteiger partial charge < -0.3 is 4.90 Å². The van der Waals surface area contributed by atoms with E-state index in [1.165, 1.54) is 5.56 Å². The molecule has 0 radical (unpaired) electrons. The monoisotopic (exact) mass is 265 g/mol. The summed E-state index contributed by atoms with van der Waals surface area (Å²) in [5.74, 6) is 0.775. The second-order valence-corrected chi connectivity index (χ2v) is 5.73. The fourth-order valence-corrected chi connectivity index (χ4v) is 2.69. The summed E-state index contributed by atoms with van der Waals surface area (Å²) in [6.45, 7) is 3.46. The molecule has 2 rings (SSSR count). The molecule has 98 valence electrons. The lowest BCUT2D eigenvalue weighted by molar-refractivity contribution is -0.131. The van der Waals surface area contributed by atoms with Crippen molar-refractivity contribution in [3.63, 3.8) is 0 Å². The fraction of sp³-hybridized carbons (Fsp3) is 0.533. The lowest BCUT2D eigenvalue weighted by Crippen LogP contribution is -2.41. The molecule has 18 heavy (non-hydrogen) atoms. The lowest BCUT2D eigenvalue weighted by atomic mass is 9.90. The highest BCUT2D eigenvalue weighted by molar-refractivity contribution is 6.30. The van der Waals surface area contributed by atoms with Gasteiger partial charge in [-0.15, -0.1) is 11.6 Å². The van der Waals surface area contributed by atoms with Crippen LogP contribution in [-0.2, 0) is 11.2 Å². The Morgan fingerprint density at radius 2 is 1.94 bits per heavy atom. The summed E-state index contributed by atoms with van der Waals surface area (Å²) in [6, 6.07) is 10.6. The Labute approximate surface area is 114 Å². The highest BCUT2D eigenvalue weighted by Gasteiger charge is 2.24. The number of amides is 1. The third-order valence-corrected chi connectivity index (χ3v) is 3.82. The Hall–Kier alpha value is -1.02. The number of likely N-dealkylation sites (tertiary alicyclic amines) is 1. The lowest BCUT2D eigenvalue weighted by Gasteiger charge is -2.32. The second kappa shape index (κ2) is 6.24. The molecule has 0 saturated carbocycles. The maximum Gasteiger partial charge on any atom is 0.240 e. The van der Waals surface area contributed by atoms with Crippen molar-refractivity contribution in [2.24, 2.45) is 5.92 Å². The maximum absolute atomic E-state index is 11.8. The second-order valence-electron chi connectivity index (χ2n) is 5.07. The minimum absolute atomic E-state index is 0.0785. The molecule has 1 aromatic carbocycles. The largest absolute Gasteiger partial charge is 0.341 e. The topological polar surface area (TPSA) is 20.3 Å². The predicted octanol–water partition coefficient (Wildman–Crippen LogP) is 3.10. The van der Waals surface area contributed by atoms with Crippen molar-refractivity contribution in [3.05, 3.63) is 35.9 Å². The highest BCUT2D eigenvalue weighted by Crippen LogP contribution is 2.22. The van der Waals surface area contributed by atoms with E-state index in [0.717, 1.165) is 32.4 Å². The number of carbonyl (C=O) groups excluding carboxylic acids is 1. The summed E-state index contributed by atoms with van der Waals surface area (Å²) in [7, 11) is 0. The number of halogens is 1. The molecule has 1 amide bonds. The molecule has 1 aliphatic heterocycles. The van der Waals surface area contributed by atoms with Crippen LogP contribution < -0.4 is 0 Å². The number of hydrogen-bond donors (Lipinski definition) is 0. The average Bonchev–Trinajstić information content (AvgIpc) is 2.40. The standard InChI is InChI=1S/C15H20ClNO/c1-12(16)15(18)17-9-7-14(8-10-17)11-13-5-3-2-4-6-13/h2-6,12,14H,7-11H2,1H3/t12-/m1/s1. The van der Waals surface area contributed by atoms with Crippen molar-refractivity contribution >= 4 is 17.5 Å². The third kappa shape index (κ3) is 3.49. The normalized spacial score (nSPS) is 18.7. The molecule has 0 aromatic heterocycles. The molecule has 2 nitrogen and oxygen atoms in total. The number of benzene rings is 1. The van der Waals surface area contributed by atoms with E-state index in [1.54, 1.807) is 6.92 Å². The van der Waals surface area contributed by atoms with E-state index in [4.69, 9.17) is 11.6 Å². The van der Waals surface area contributed by atoms with Crippen molar-refractivity contribution in [2.45, 2.75) is 31.6 Å². The van der Waals surface area contributed by atoms with Gasteiger partial charge in [-0.2, -0.15) is 0 Å². The van der Waals surface area contributed by atoms with Gasteiger partial charge >= 0.3 is 0 Å². The number of nitrogens with zero attached hydrogens (tertiary/aromatic N) is 1. The molecule has 1 saturated heterocycles. The summed E-state index contributed by atoms with van der Waals surface area (Å²) in [5, 5.41) is -0.393. The van der Waals surface area contributed by atoms with Crippen LogP contribution in [0.4, 0.5) is 0 Å². The SMILES string of the molecule is C[C@@H](Cl)C(=O)N1CCC(Cc2ccccc2)CC1. The molecular weight excluding hydrogens is 246 g/mol. The Kier molecular flexibility index (Phi) is 4.65. The van der Waals surface area contributed by atoms with Crippen LogP contribution in [0.15, 0.2) is 30.3 Å². The number of rotatable bonds is 3. The third-order valence-electron chi connectivity index (χ3n) is 3.63. The summed E-state index contributed by atoms with van der Waals surface area (Å²) >= 11 is 5.84. The quantitative estimate of drug-likeness (QED) is 0.769. The van der Waals surface area contributed by atoms with E-state index in [9.17, 15) is 4.79 Å². The van der Waals surface area contributed by atoms with E-state index in [2.05, 4.69) is 24.3 Å². The van der Waals surface area contributed by atoms with Crippen LogP contribution in [0.25, 0.3) is 0 Å². The van der Waals surface area contributed by atoms with Crippen LogP contribution in [0.5, 0.6) is 0 Å². The van der Waals surface area contributed by atoms with Crippen LogP contribution in [-0.4, -0.2) is 29.3 Å². The van der Waals surface area contributed by atoms with E-state index >= 15 is 0 Å². The van der Waals surface area contributed by atoms with Gasteiger partial charge in [-0.05, 0) is 37.7 Å². The van der Waals surface area contributed by atoms with Crippen LogP contribution in [0.1, 0.15) is 25.3 Å². The van der Waals surface area contributed by atoms with E-state index in [-0.39, 0.29) is 5.91 Å². The van der Waals surface area contributed by atoms with Gasteiger partial charge in [0.1, 0.15) is 5.38 Å². The van der Waals surface area contributed by atoms with Crippen LogP contribution >= 0.6 is 11.6 Å². The Morgan fingerprint density at radius 1 is 1.33 bits per heavy atom. The molecule has 0 spiro atoms. The maximum atomic E-state index is 11.8. The van der Waals surface area contributed by atoms with Gasteiger partial charge in [0.2, 0.25) is 5.91 Å². The first kappa shape index (κ1) is 13.4. The molecule has 1 fully saturated rings. The smallest absolute Gasteiger partial charge is 0.240 e. The Bertz CT molecular complexity index is 383. The number of alkyl halides is 1. The summed E-state index contributed by atoms with van der Waals surface area (Å²) in [6.07, 6.45) is 3.30. The first-order valence-corrected chi connectivity index (χ1v) is 7.07. The van der Waals surface area contributed by atoms with Gasteiger partial charge in [0, 0.05) is 13.1 Å². The predicted molar refractivity (Wildman–Crippen MR) is 74.8 cm³/mol. The molecule has 0 aliphatic carbocycles.